The summed E-state index contributed by atoms with van der Waals surface area (Å²) in [5.41, 5.74) is 5.36. The number of imidazole rings is 2. The minimum Gasteiger partial charge on any atom is -0.494 e. The van der Waals surface area contributed by atoms with Crippen molar-refractivity contribution in [2.24, 2.45) is 24.1 Å². The fourth-order valence-corrected chi connectivity index (χ4v) is 5.56. The van der Waals surface area contributed by atoms with Gasteiger partial charge in [-0.05, 0) is 44.2 Å². The SMILES string of the molecule is CCn1nc(C)cc1C(=O)N=c1n(C)c2cccc(OCCCO)c2n1C/C=C/Cn1c(=NC=O)n(C)c2cccc(OC)c21. The molecule has 0 radical (unpaired) electrons. The van der Waals surface area contributed by atoms with Gasteiger partial charge in [-0.3, -0.25) is 14.3 Å². The number of methoxy groups -OCH3 is 1. The summed E-state index contributed by atoms with van der Waals surface area (Å²) >= 11 is 0. The Labute approximate surface area is 259 Å². The Morgan fingerprint density at radius 1 is 0.978 bits per heavy atom. The zero-order valence-electron chi connectivity index (χ0n) is 26.2. The van der Waals surface area contributed by atoms with Crippen LogP contribution >= 0.6 is 0 Å². The molecule has 5 rings (SSSR count). The fraction of sp³-hybridized carbons (Fsp3) is 0.344. The Balaban J connectivity index is 1.60. The summed E-state index contributed by atoms with van der Waals surface area (Å²) in [5.74, 6) is 0.883. The van der Waals surface area contributed by atoms with E-state index in [1.165, 1.54) is 0 Å². The van der Waals surface area contributed by atoms with Crippen LogP contribution in [0.5, 0.6) is 11.5 Å². The van der Waals surface area contributed by atoms with Crippen LogP contribution in [-0.4, -0.2) is 65.8 Å². The number of hydrogen-bond acceptors (Lipinski definition) is 6. The lowest BCUT2D eigenvalue weighted by atomic mass is 10.2. The van der Waals surface area contributed by atoms with Gasteiger partial charge in [-0.1, -0.05) is 24.3 Å². The number of para-hydroxylation sites is 2. The maximum Gasteiger partial charge on any atom is 0.298 e. The molecule has 2 aromatic carbocycles. The number of nitrogens with zero attached hydrogens (tertiary/aromatic N) is 8. The summed E-state index contributed by atoms with van der Waals surface area (Å²) in [7, 11) is 5.32. The van der Waals surface area contributed by atoms with Crippen LogP contribution in [0.2, 0.25) is 0 Å². The number of fused-ring (bicyclic) bond motifs is 2. The fourth-order valence-electron chi connectivity index (χ4n) is 5.56. The van der Waals surface area contributed by atoms with Gasteiger partial charge in [0.15, 0.2) is 0 Å². The third kappa shape index (κ3) is 5.98. The number of allylic oxidation sites excluding steroid dienone is 2. The first-order chi connectivity index (χ1) is 21.8. The van der Waals surface area contributed by atoms with E-state index in [-0.39, 0.29) is 6.61 Å². The zero-order chi connectivity index (χ0) is 32.1. The number of ether oxygens (including phenoxy) is 2. The molecule has 0 aliphatic heterocycles. The highest BCUT2D eigenvalue weighted by Crippen LogP contribution is 2.26. The molecule has 0 fully saturated rings. The lowest BCUT2D eigenvalue weighted by molar-refractivity contribution is -0.107. The van der Waals surface area contributed by atoms with Crippen LogP contribution in [0.15, 0.2) is 64.6 Å². The molecule has 3 aromatic heterocycles. The van der Waals surface area contributed by atoms with Gasteiger partial charge in [-0.2, -0.15) is 15.1 Å². The third-order valence-corrected chi connectivity index (χ3v) is 7.61. The Morgan fingerprint density at radius 3 is 2.22 bits per heavy atom. The highest BCUT2D eigenvalue weighted by atomic mass is 16.5. The summed E-state index contributed by atoms with van der Waals surface area (Å²) < 4.78 is 20.9. The summed E-state index contributed by atoms with van der Waals surface area (Å²) in [4.78, 5) is 33.6. The number of benzene rings is 2. The lowest BCUT2D eigenvalue weighted by Gasteiger charge is -2.09. The van der Waals surface area contributed by atoms with E-state index in [0.717, 1.165) is 27.8 Å². The van der Waals surface area contributed by atoms with E-state index in [4.69, 9.17) is 9.47 Å². The monoisotopic (exact) mass is 614 g/mol. The first kappa shape index (κ1) is 31.3. The van der Waals surface area contributed by atoms with Crippen LogP contribution in [0.3, 0.4) is 0 Å². The second-order valence-corrected chi connectivity index (χ2v) is 10.4. The van der Waals surface area contributed by atoms with Gasteiger partial charge in [0, 0.05) is 46.8 Å². The van der Waals surface area contributed by atoms with Gasteiger partial charge < -0.3 is 32.8 Å². The molecule has 0 saturated heterocycles. The van der Waals surface area contributed by atoms with Gasteiger partial charge in [-0.15, -0.1) is 0 Å². The van der Waals surface area contributed by atoms with E-state index in [1.807, 2.05) is 94.8 Å². The average molecular weight is 615 g/mol. The van der Waals surface area contributed by atoms with Crippen LogP contribution in [0.1, 0.15) is 29.5 Å². The molecule has 5 aromatic rings. The third-order valence-electron chi connectivity index (χ3n) is 7.61. The van der Waals surface area contributed by atoms with Crippen LogP contribution in [0.25, 0.3) is 22.1 Å². The molecule has 0 aliphatic rings. The zero-order valence-corrected chi connectivity index (χ0v) is 26.2. The molecule has 13 heteroatoms. The summed E-state index contributed by atoms with van der Waals surface area (Å²) in [6.45, 7) is 5.43. The van der Waals surface area contributed by atoms with Gasteiger partial charge in [0.2, 0.25) is 17.6 Å². The number of carbonyl (C=O) groups excluding carboxylic acids is 2. The predicted molar refractivity (Wildman–Crippen MR) is 169 cm³/mol. The molecular weight excluding hydrogens is 576 g/mol. The van der Waals surface area contributed by atoms with Crippen molar-refractivity contribution in [2.75, 3.05) is 20.3 Å². The van der Waals surface area contributed by atoms with Crippen molar-refractivity contribution < 1.29 is 24.2 Å². The molecule has 3 heterocycles. The molecule has 0 unspecified atom stereocenters. The molecule has 0 aliphatic carbocycles. The highest BCUT2D eigenvalue weighted by molar-refractivity contribution is 5.93. The number of amides is 2. The number of carbonyl (C=O) groups is 2. The second kappa shape index (κ2) is 13.6. The van der Waals surface area contributed by atoms with Gasteiger partial charge in [0.25, 0.3) is 5.91 Å². The normalized spacial score (nSPS) is 12.7. The summed E-state index contributed by atoms with van der Waals surface area (Å²) in [6, 6.07) is 13.2. The standard InChI is InChI=1S/C32H38N8O5/c1-6-40-25(20-22(2)35-40)30(43)34-32-37(4)24-13-10-15-27(45-19-11-18-41)29(24)39(32)17-8-7-16-38-28-23(12-9-14-26(28)44-5)36(3)31(38)33-21-42/h7-10,12-15,20-21,41H,6,11,16-19H2,1-5H3/b8-7+,33-31?,34-32?. The smallest absolute Gasteiger partial charge is 0.298 e. The van der Waals surface area contributed by atoms with Gasteiger partial charge in [-0.25, -0.2) is 0 Å². The van der Waals surface area contributed by atoms with E-state index in [0.29, 0.717) is 67.5 Å². The Morgan fingerprint density at radius 2 is 1.60 bits per heavy atom. The quantitative estimate of drug-likeness (QED) is 0.130. The van der Waals surface area contributed by atoms with Crippen molar-refractivity contribution in [2.45, 2.75) is 39.9 Å². The topological polar surface area (TPSA) is 135 Å². The number of aliphatic hydroxyl groups is 1. The van der Waals surface area contributed by atoms with E-state index >= 15 is 0 Å². The Hall–Kier alpha value is -5.17. The van der Waals surface area contributed by atoms with E-state index in [2.05, 4.69) is 15.1 Å². The average Bonchev–Trinajstić information content (AvgIpc) is 3.65. The van der Waals surface area contributed by atoms with Crippen molar-refractivity contribution in [3.63, 3.8) is 0 Å². The molecule has 45 heavy (non-hydrogen) atoms. The first-order valence-corrected chi connectivity index (χ1v) is 14.7. The van der Waals surface area contributed by atoms with Crippen molar-refractivity contribution in [1.29, 1.82) is 0 Å². The lowest BCUT2D eigenvalue weighted by Crippen LogP contribution is -2.26. The second-order valence-electron chi connectivity index (χ2n) is 10.4. The Kier molecular flexibility index (Phi) is 9.48. The van der Waals surface area contributed by atoms with Crippen LogP contribution in [0.4, 0.5) is 0 Å². The van der Waals surface area contributed by atoms with Crippen LogP contribution in [0, 0.1) is 6.92 Å². The number of aryl methyl sites for hydroxylation is 4. The van der Waals surface area contributed by atoms with Crippen molar-refractivity contribution >= 4 is 34.4 Å². The van der Waals surface area contributed by atoms with Crippen LogP contribution in [-0.2, 0) is 38.5 Å². The molecule has 1 N–H and O–H groups in total. The summed E-state index contributed by atoms with van der Waals surface area (Å²) in [6.07, 6.45) is 4.96. The highest BCUT2D eigenvalue weighted by Gasteiger charge is 2.18. The van der Waals surface area contributed by atoms with Crippen molar-refractivity contribution in [3.8, 4) is 11.5 Å². The van der Waals surface area contributed by atoms with Gasteiger partial charge in [0.1, 0.15) is 28.2 Å². The van der Waals surface area contributed by atoms with E-state index in [9.17, 15) is 14.7 Å². The molecule has 0 saturated carbocycles. The van der Waals surface area contributed by atoms with Crippen molar-refractivity contribution in [3.05, 3.63) is 77.2 Å². The largest absolute Gasteiger partial charge is 0.494 e. The van der Waals surface area contributed by atoms with Gasteiger partial charge >= 0.3 is 0 Å². The molecule has 0 atom stereocenters. The molecule has 236 valence electrons. The molecule has 0 spiro atoms. The minimum atomic E-state index is -0.401. The predicted octanol–water partition coefficient (Wildman–Crippen LogP) is 2.62. The summed E-state index contributed by atoms with van der Waals surface area (Å²) in [5, 5.41) is 13.7. The number of aliphatic hydroxyl groups excluding tert-OH is 1. The van der Waals surface area contributed by atoms with Gasteiger partial charge in [0.05, 0.1) is 30.4 Å². The number of hydrogen-bond donors (Lipinski definition) is 1. The van der Waals surface area contributed by atoms with Crippen LogP contribution < -0.4 is 20.7 Å². The maximum absolute atomic E-state index is 13.5. The Bertz CT molecular complexity index is 2040. The van der Waals surface area contributed by atoms with Crippen molar-refractivity contribution in [1.82, 2.24) is 28.0 Å². The first-order valence-electron chi connectivity index (χ1n) is 14.7. The van der Waals surface area contributed by atoms with E-state index in [1.54, 1.807) is 17.9 Å². The molecule has 2 amide bonds. The molecular formula is C32H38N8O5. The molecule has 13 nitrogen and oxygen atoms in total. The van der Waals surface area contributed by atoms with E-state index < -0.39 is 5.91 Å². The number of rotatable bonds is 12. The molecule has 0 bridgehead atoms. The number of aromatic nitrogens is 6. The maximum atomic E-state index is 13.5. The minimum absolute atomic E-state index is 0.0160.